The van der Waals surface area contributed by atoms with Gasteiger partial charge in [-0.05, 0) is 37.6 Å². The first-order valence-electron chi connectivity index (χ1n) is 7.69. The van der Waals surface area contributed by atoms with Crippen molar-refractivity contribution in [2.45, 2.75) is 51.0 Å². The summed E-state index contributed by atoms with van der Waals surface area (Å²) in [7, 11) is 0. The van der Waals surface area contributed by atoms with E-state index in [1.54, 1.807) is 6.92 Å². The molecule has 1 fully saturated rings. The van der Waals surface area contributed by atoms with Crippen molar-refractivity contribution in [2.24, 2.45) is 0 Å². The zero-order chi connectivity index (χ0) is 17.7. The van der Waals surface area contributed by atoms with Crippen LogP contribution in [0.1, 0.15) is 20.3 Å². The molecule has 1 aliphatic heterocycles. The summed E-state index contributed by atoms with van der Waals surface area (Å²) in [4.78, 5) is 0. The zero-order valence-corrected chi connectivity index (χ0v) is 14.2. The van der Waals surface area contributed by atoms with Gasteiger partial charge in [0.2, 0.25) is 0 Å². The Bertz CT molecular complexity index is 540. The van der Waals surface area contributed by atoms with E-state index in [-0.39, 0.29) is 11.0 Å². The number of aliphatic hydroxyl groups is 2. The third-order valence-corrected chi connectivity index (χ3v) is 3.69. The first-order valence-corrected chi connectivity index (χ1v) is 8.10. The summed E-state index contributed by atoms with van der Waals surface area (Å²) in [6.07, 6.45) is -4.21. The number of hydrogen-bond donors (Lipinski definition) is 2. The van der Waals surface area contributed by atoms with Crippen molar-refractivity contribution in [1.82, 2.24) is 0 Å². The number of ether oxygens (including phenoxy) is 4. The monoisotopic (exact) mass is 360 g/mol. The predicted octanol–water partition coefficient (Wildman–Crippen LogP) is 1.77. The normalized spacial score (nSPS) is 30.0. The molecule has 6 nitrogen and oxygen atoms in total. The van der Waals surface area contributed by atoms with Crippen LogP contribution >= 0.6 is 12.2 Å². The van der Waals surface area contributed by atoms with Crippen LogP contribution in [0, 0.1) is 5.82 Å². The summed E-state index contributed by atoms with van der Waals surface area (Å²) < 4.78 is 34.4. The van der Waals surface area contributed by atoms with Crippen LogP contribution in [0.3, 0.4) is 0 Å². The number of thiocarbonyl (C=S) groups is 1. The van der Waals surface area contributed by atoms with E-state index < -0.39 is 36.5 Å². The molecule has 8 heteroatoms. The SMILES string of the molecule is CCCO[C@H]1O[C@@H](C)[C@H](O)[C@@H](OC(=S)Oc2ccc(F)cc2)[C@H]1O. The Labute approximate surface area is 145 Å². The first kappa shape index (κ1) is 19.0. The maximum absolute atomic E-state index is 12.9. The van der Waals surface area contributed by atoms with E-state index in [1.165, 1.54) is 24.3 Å². The molecule has 0 spiro atoms. The molecule has 24 heavy (non-hydrogen) atoms. The molecule has 0 amide bonds. The second-order valence-corrected chi connectivity index (χ2v) is 5.78. The number of halogens is 1. The lowest BCUT2D eigenvalue weighted by molar-refractivity contribution is -0.291. The number of rotatable bonds is 5. The Hall–Kier alpha value is -1.32. The third-order valence-electron chi connectivity index (χ3n) is 3.52. The van der Waals surface area contributed by atoms with Crippen molar-refractivity contribution in [1.29, 1.82) is 0 Å². The summed E-state index contributed by atoms with van der Waals surface area (Å²) in [5.74, 6) is -0.126. The molecule has 0 saturated carbocycles. The molecule has 1 aromatic rings. The standard InChI is InChI=1S/C16H21FO6S/c1-3-8-20-15-13(19)14(12(18)9(2)21-15)23-16(24)22-11-6-4-10(17)5-7-11/h4-7,9,12-15,18-19H,3,8H2,1-2H3/t9-,12-,13+,14+,15-/m0/s1. The van der Waals surface area contributed by atoms with Crippen molar-refractivity contribution in [3.63, 3.8) is 0 Å². The van der Waals surface area contributed by atoms with Crippen molar-refractivity contribution in [2.75, 3.05) is 6.61 Å². The quantitative estimate of drug-likeness (QED) is 0.775. The van der Waals surface area contributed by atoms with Crippen molar-refractivity contribution >= 4 is 17.5 Å². The van der Waals surface area contributed by atoms with Gasteiger partial charge < -0.3 is 29.2 Å². The van der Waals surface area contributed by atoms with Gasteiger partial charge in [-0.2, -0.15) is 0 Å². The van der Waals surface area contributed by atoms with Gasteiger partial charge >= 0.3 is 5.24 Å². The Morgan fingerprint density at radius 1 is 1.25 bits per heavy atom. The Morgan fingerprint density at radius 3 is 2.54 bits per heavy atom. The van der Waals surface area contributed by atoms with E-state index in [0.29, 0.717) is 6.61 Å². The van der Waals surface area contributed by atoms with Gasteiger partial charge in [-0.25, -0.2) is 4.39 Å². The molecule has 0 aromatic heterocycles. The largest absolute Gasteiger partial charge is 0.447 e. The summed E-state index contributed by atoms with van der Waals surface area (Å²) in [5.41, 5.74) is 0. The fourth-order valence-corrected chi connectivity index (χ4v) is 2.45. The second kappa shape index (κ2) is 8.68. The van der Waals surface area contributed by atoms with E-state index in [1.807, 2.05) is 6.92 Å². The van der Waals surface area contributed by atoms with Gasteiger partial charge in [0.25, 0.3) is 0 Å². The van der Waals surface area contributed by atoms with Gasteiger partial charge in [0.05, 0.1) is 6.10 Å². The van der Waals surface area contributed by atoms with Crippen LogP contribution in [0.15, 0.2) is 24.3 Å². The van der Waals surface area contributed by atoms with Crippen LogP contribution in [0.4, 0.5) is 4.39 Å². The van der Waals surface area contributed by atoms with E-state index in [0.717, 1.165) is 6.42 Å². The zero-order valence-electron chi connectivity index (χ0n) is 13.4. The predicted molar refractivity (Wildman–Crippen MR) is 87.1 cm³/mol. The minimum atomic E-state index is -1.24. The molecule has 2 rings (SSSR count). The van der Waals surface area contributed by atoms with Crippen molar-refractivity contribution in [3.05, 3.63) is 30.1 Å². The van der Waals surface area contributed by atoms with Crippen LogP contribution < -0.4 is 4.74 Å². The molecule has 0 aliphatic carbocycles. The van der Waals surface area contributed by atoms with Crippen molar-refractivity contribution < 1.29 is 33.6 Å². The highest BCUT2D eigenvalue weighted by molar-refractivity contribution is 7.79. The maximum atomic E-state index is 12.9. The molecule has 0 unspecified atom stereocenters. The fourth-order valence-electron chi connectivity index (χ4n) is 2.24. The van der Waals surface area contributed by atoms with Crippen LogP contribution in [-0.4, -0.2) is 52.8 Å². The Kier molecular flexibility index (Phi) is 6.88. The summed E-state index contributed by atoms with van der Waals surface area (Å²) in [6.45, 7) is 3.96. The molecular formula is C16H21FO6S. The Balaban J connectivity index is 1.99. The number of benzene rings is 1. The van der Waals surface area contributed by atoms with Gasteiger partial charge in [0.15, 0.2) is 12.4 Å². The van der Waals surface area contributed by atoms with Gasteiger partial charge in [-0.3, -0.25) is 0 Å². The summed E-state index contributed by atoms with van der Waals surface area (Å²) in [5, 5.41) is 20.2. The number of hydrogen-bond acceptors (Lipinski definition) is 7. The number of aliphatic hydroxyl groups excluding tert-OH is 2. The topological polar surface area (TPSA) is 77.4 Å². The molecule has 1 heterocycles. The van der Waals surface area contributed by atoms with E-state index in [9.17, 15) is 14.6 Å². The highest BCUT2D eigenvalue weighted by Crippen LogP contribution is 2.25. The molecule has 0 radical (unpaired) electrons. The molecule has 5 atom stereocenters. The third kappa shape index (κ3) is 4.84. The van der Waals surface area contributed by atoms with Crippen LogP contribution in [0.5, 0.6) is 5.75 Å². The summed E-state index contributed by atoms with van der Waals surface area (Å²) in [6, 6.07) is 5.20. The minimum Gasteiger partial charge on any atom is -0.447 e. The fraction of sp³-hybridized carbons (Fsp3) is 0.562. The minimum absolute atomic E-state index is 0.282. The van der Waals surface area contributed by atoms with Gasteiger partial charge in [0.1, 0.15) is 23.8 Å². The van der Waals surface area contributed by atoms with Gasteiger partial charge in [-0.15, -0.1) is 0 Å². The molecule has 0 bridgehead atoms. The molecule has 2 N–H and O–H groups in total. The molecular weight excluding hydrogens is 339 g/mol. The van der Waals surface area contributed by atoms with E-state index in [2.05, 4.69) is 0 Å². The lowest BCUT2D eigenvalue weighted by Crippen LogP contribution is -2.59. The lowest BCUT2D eigenvalue weighted by atomic mass is 10.00. The maximum Gasteiger partial charge on any atom is 0.358 e. The van der Waals surface area contributed by atoms with Gasteiger partial charge in [-0.1, -0.05) is 6.92 Å². The van der Waals surface area contributed by atoms with Crippen LogP contribution in [-0.2, 0) is 14.2 Å². The molecule has 1 aliphatic rings. The van der Waals surface area contributed by atoms with Crippen molar-refractivity contribution in [3.8, 4) is 5.75 Å². The van der Waals surface area contributed by atoms with Gasteiger partial charge in [0, 0.05) is 18.8 Å². The molecule has 134 valence electrons. The van der Waals surface area contributed by atoms with E-state index >= 15 is 0 Å². The molecule has 1 saturated heterocycles. The van der Waals surface area contributed by atoms with E-state index in [4.69, 9.17) is 31.2 Å². The first-order chi connectivity index (χ1) is 11.4. The molecule has 1 aromatic carbocycles. The van der Waals surface area contributed by atoms with Crippen LogP contribution in [0.25, 0.3) is 0 Å². The highest BCUT2D eigenvalue weighted by Gasteiger charge is 2.45. The Morgan fingerprint density at radius 2 is 1.92 bits per heavy atom. The average molecular weight is 360 g/mol. The smallest absolute Gasteiger partial charge is 0.358 e. The van der Waals surface area contributed by atoms with Crippen LogP contribution in [0.2, 0.25) is 0 Å². The average Bonchev–Trinajstić information content (AvgIpc) is 2.56. The second-order valence-electron chi connectivity index (χ2n) is 5.45. The highest BCUT2D eigenvalue weighted by atomic mass is 32.1. The summed E-state index contributed by atoms with van der Waals surface area (Å²) >= 11 is 4.98. The lowest BCUT2D eigenvalue weighted by Gasteiger charge is -2.40.